The molecule has 1 aliphatic heterocycles. The first kappa shape index (κ1) is 11.9. The van der Waals surface area contributed by atoms with Crippen molar-refractivity contribution < 1.29 is 9.53 Å². The third-order valence-corrected chi connectivity index (χ3v) is 3.63. The highest BCUT2D eigenvalue weighted by Gasteiger charge is 2.26. The number of hydrogen-bond donors (Lipinski definition) is 2. The van der Waals surface area contributed by atoms with Crippen molar-refractivity contribution in [2.45, 2.75) is 44.8 Å². The minimum absolute atomic E-state index is 0.0606. The second-order valence-corrected chi connectivity index (χ2v) is 4.98. The molecule has 2 fully saturated rings. The van der Waals surface area contributed by atoms with Gasteiger partial charge in [0.05, 0.1) is 19.1 Å². The molecule has 0 aromatic carbocycles. The lowest BCUT2D eigenvalue weighted by Gasteiger charge is -2.24. The topological polar surface area (TPSA) is 50.4 Å². The van der Waals surface area contributed by atoms with Crippen LogP contribution in [0.4, 0.5) is 0 Å². The molecule has 2 N–H and O–H groups in total. The molecule has 4 nitrogen and oxygen atoms in total. The highest BCUT2D eigenvalue weighted by molar-refractivity contribution is 5.76. The van der Waals surface area contributed by atoms with E-state index in [-0.39, 0.29) is 12.0 Å². The number of morpholine rings is 1. The Kier molecular flexibility index (Phi) is 4.18. The van der Waals surface area contributed by atoms with Crippen molar-refractivity contribution in [1.82, 2.24) is 10.6 Å². The van der Waals surface area contributed by atoms with Crippen LogP contribution in [-0.4, -0.2) is 37.7 Å². The van der Waals surface area contributed by atoms with Gasteiger partial charge >= 0.3 is 0 Å². The van der Waals surface area contributed by atoms with Gasteiger partial charge in [-0.2, -0.15) is 0 Å². The highest BCUT2D eigenvalue weighted by Crippen LogP contribution is 2.24. The van der Waals surface area contributed by atoms with Crippen LogP contribution >= 0.6 is 0 Å². The molecule has 16 heavy (non-hydrogen) atoms. The maximum Gasteiger partial charge on any atom is 0.222 e. The van der Waals surface area contributed by atoms with Gasteiger partial charge in [0.1, 0.15) is 0 Å². The van der Waals surface area contributed by atoms with E-state index >= 15 is 0 Å². The SMILES string of the molecule is CC1CCCC1NC(=O)CC1CNCCO1. The molecule has 3 unspecified atom stereocenters. The summed E-state index contributed by atoms with van der Waals surface area (Å²) in [5.74, 6) is 0.779. The van der Waals surface area contributed by atoms with Gasteiger partial charge in [0.15, 0.2) is 0 Å². The van der Waals surface area contributed by atoms with Gasteiger partial charge in [-0.05, 0) is 18.8 Å². The third kappa shape index (κ3) is 3.19. The predicted molar refractivity (Wildman–Crippen MR) is 62.2 cm³/mol. The zero-order valence-corrected chi connectivity index (χ0v) is 10.00. The predicted octanol–water partition coefficient (Wildman–Crippen LogP) is 0.670. The summed E-state index contributed by atoms with van der Waals surface area (Å²) in [5.41, 5.74) is 0. The van der Waals surface area contributed by atoms with Crippen LogP contribution in [0.5, 0.6) is 0 Å². The van der Waals surface area contributed by atoms with E-state index < -0.39 is 0 Å². The molecule has 2 aliphatic rings. The second-order valence-electron chi connectivity index (χ2n) is 4.98. The zero-order chi connectivity index (χ0) is 11.4. The van der Waals surface area contributed by atoms with E-state index in [9.17, 15) is 4.79 Å². The van der Waals surface area contributed by atoms with Crippen molar-refractivity contribution in [3.8, 4) is 0 Å². The monoisotopic (exact) mass is 226 g/mol. The third-order valence-electron chi connectivity index (χ3n) is 3.63. The Balaban J connectivity index is 1.70. The summed E-state index contributed by atoms with van der Waals surface area (Å²) in [7, 11) is 0. The number of carbonyl (C=O) groups excluding carboxylic acids is 1. The molecular weight excluding hydrogens is 204 g/mol. The van der Waals surface area contributed by atoms with Crippen LogP contribution in [0.1, 0.15) is 32.6 Å². The van der Waals surface area contributed by atoms with Crippen molar-refractivity contribution in [3.63, 3.8) is 0 Å². The lowest BCUT2D eigenvalue weighted by molar-refractivity contribution is -0.125. The number of ether oxygens (including phenoxy) is 1. The smallest absolute Gasteiger partial charge is 0.222 e. The van der Waals surface area contributed by atoms with Gasteiger partial charge in [-0.15, -0.1) is 0 Å². The van der Waals surface area contributed by atoms with E-state index in [0.29, 0.717) is 18.4 Å². The first-order valence-electron chi connectivity index (χ1n) is 6.37. The second kappa shape index (κ2) is 5.64. The Morgan fingerprint density at radius 3 is 3.00 bits per heavy atom. The van der Waals surface area contributed by atoms with Crippen LogP contribution in [0.2, 0.25) is 0 Å². The molecule has 0 aromatic rings. The Labute approximate surface area is 97.1 Å². The molecule has 1 amide bonds. The molecule has 1 saturated carbocycles. The summed E-state index contributed by atoms with van der Waals surface area (Å²) in [6, 6.07) is 0.393. The number of amides is 1. The first-order chi connectivity index (χ1) is 7.75. The largest absolute Gasteiger partial charge is 0.375 e. The lowest BCUT2D eigenvalue weighted by atomic mass is 10.1. The van der Waals surface area contributed by atoms with Crippen molar-refractivity contribution in [3.05, 3.63) is 0 Å². The number of nitrogens with one attached hydrogen (secondary N) is 2. The van der Waals surface area contributed by atoms with Crippen molar-refractivity contribution in [2.24, 2.45) is 5.92 Å². The summed E-state index contributed by atoms with van der Waals surface area (Å²) in [6.07, 6.45) is 4.18. The van der Waals surface area contributed by atoms with Gasteiger partial charge in [0.25, 0.3) is 0 Å². The van der Waals surface area contributed by atoms with Crippen LogP contribution in [0.3, 0.4) is 0 Å². The van der Waals surface area contributed by atoms with E-state index in [0.717, 1.165) is 26.1 Å². The Morgan fingerprint density at radius 1 is 1.50 bits per heavy atom. The van der Waals surface area contributed by atoms with Crippen LogP contribution in [0, 0.1) is 5.92 Å². The van der Waals surface area contributed by atoms with Crippen LogP contribution in [0.25, 0.3) is 0 Å². The molecule has 0 bridgehead atoms. The summed E-state index contributed by atoms with van der Waals surface area (Å²) in [6.45, 7) is 4.64. The number of carbonyl (C=O) groups is 1. The zero-order valence-electron chi connectivity index (χ0n) is 10.00. The molecule has 2 rings (SSSR count). The van der Waals surface area contributed by atoms with Gasteiger partial charge in [0, 0.05) is 19.1 Å². The number of rotatable bonds is 3. The number of hydrogen-bond acceptors (Lipinski definition) is 3. The minimum Gasteiger partial charge on any atom is -0.375 e. The Morgan fingerprint density at radius 2 is 2.38 bits per heavy atom. The van der Waals surface area contributed by atoms with Crippen molar-refractivity contribution in [2.75, 3.05) is 19.7 Å². The maximum atomic E-state index is 11.8. The van der Waals surface area contributed by atoms with Gasteiger partial charge in [-0.1, -0.05) is 13.3 Å². The molecule has 92 valence electrons. The van der Waals surface area contributed by atoms with E-state index in [2.05, 4.69) is 17.6 Å². The normalized spacial score (nSPS) is 34.9. The molecule has 0 radical (unpaired) electrons. The summed E-state index contributed by atoms with van der Waals surface area (Å²) in [5, 5.41) is 6.37. The van der Waals surface area contributed by atoms with E-state index in [1.54, 1.807) is 0 Å². The van der Waals surface area contributed by atoms with Crippen molar-refractivity contribution >= 4 is 5.91 Å². The molecule has 3 atom stereocenters. The fraction of sp³-hybridized carbons (Fsp3) is 0.917. The standard InChI is InChI=1S/C12H22N2O2/c1-9-3-2-4-11(9)14-12(15)7-10-8-13-5-6-16-10/h9-11,13H,2-8H2,1H3,(H,14,15). The average molecular weight is 226 g/mol. The van der Waals surface area contributed by atoms with E-state index in [1.807, 2.05) is 0 Å². The summed E-state index contributed by atoms with van der Waals surface area (Å²) < 4.78 is 5.52. The molecule has 0 spiro atoms. The summed E-state index contributed by atoms with van der Waals surface area (Å²) in [4.78, 5) is 11.8. The van der Waals surface area contributed by atoms with Gasteiger partial charge in [-0.25, -0.2) is 0 Å². The van der Waals surface area contributed by atoms with E-state index in [4.69, 9.17) is 4.74 Å². The fourth-order valence-corrected chi connectivity index (χ4v) is 2.58. The fourth-order valence-electron chi connectivity index (χ4n) is 2.58. The van der Waals surface area contributed by atoms with Crippen molar-refractivity contribution in [1.29, 1.82) is 0 Å². The molecule has 1 aliphatic carbocycles. The average Bonchev–Trinajstić information content (AvgIpc) is 2.66. The Bertz CT molecular complexity index is 239. The van der Waals surface area contributed by atoms with Gasteiger partial charge in [-0.3, -0.25) is 4.79 Å². The van der Waals surface area contributed by atoms with Crippen LogP contribution < -0.4 is 10.6 Å². The van der Waals surface area contributed by atoms with Crippen LogP contribution in [-0.2, 0) is 9.53 Å². The highest BCUT2D eigenvalue weighted by atomic mass is 16.5. The molecule has 1 heterocycles. The van der Waals surface area contributed by atoms with Crippen LogP contribution in [0.15, 0.2) is 0 Å². The molecular formula is C12H22N2O2. The molecule has 1 saturated heterocycles. The quantitative estimate of drug-likeness (QED) is 0.743. The van der Waals surface area contributed by atoms with Gasteiger partial charge < -0.3 is 15.4 Å². The first-order valence-corrected chi connectivity index (χ1v) is 6.37. The maximum absolute atomic E-state index is 11.8. The minimum atomic E-state index is 0.0606. The van der Waals surface area contributed by atoms with E-state index in [1.165, 1.54) is 12.8 Å². The Hall–Kier alpha value is -0.610. The molecule has 4 heteroatoms. The van der Waals surface area contributed by atoms with Gasteiger partial charge in [0.2, 0.25) is 5.91 Å². The lowest BCUT2D eigenvalue weighted by Crippen LogP contribution is -2.43. The molecule has 0 aromatic heterocycles. The summed E-state index contributed by atoms with van der Waals surface area (Å²) >= 11 is 0.